The lowest BCUT2D eigenvalue weighted by Crippen LogP contribution is -2.31. The van der Waals surface area contributed by atoms with Gasteiger partial charge in [0, 0.05) is 28.8 Å². The number of aromatic amines is 1. The zero-order chi connectivity index (χ0) is 14.4. The molecule has 1 aromatic carbocycles. The SMILES string of the molecule is Cc1cccc(C2NCCc3c2[nH]c2ccc(F)cc32)n1. The molecule has 0 aliphatic carbocycles. The standard InChI is InChI=1S/C17H16FN3/c1-10-3-2-4-15(20-10)17-16-12(7-8-19-17)13-9-11(18)5-6-14(13)21-16/h2-6,9,17,19,21H,7-8H2,1H3. The molecule has 1 aliphatic rings. The first kappa shape index (κ1) is 12.5. The molecule has 21 heavy (non-hydrogen) atoms. The molecule has 0 fully saturated rings. The van der Waals surface area contributed by atoms with Gasteiger partial charge in [0.1, 0.15) is 5.82 Å². The van der Waals surface area contributed by atoms with Crippen molar-refractivity contribution in [1.29, 1.82) is 0 Å². The highest BCUT2D eigenvalue weighted by atomic mass is 19.1. The molecular weight excluding hydrogens is 265 g/mol. The summed E-state index contributed by atoms with van der Waals surface area (Å²) in [6.45, 7) is 2.87. The Balaban J connectivity index is 1.90. The third-order valence-corrected chi connectivity index (χ3v) is 4.12. The highest BCUT2D eigenvalue weighted by molar-refractivity contribution is 5.85. The van der Waals surface area contributed by atoms with Gasteiger partial charge in [-0.1, -0.05) is 6.07 Å². The van der Waals surface area contributed by atoms with Crippen LogP contribution < -0.4 is 5.32 Å². The first-order valence-corrected chi connectivity index (χ1v) is 7.19. The number of pyridine rings is 1. The minimum atomic E-state index is -0.187. The minimum Gasteiger partial charge on any atom is -0.357 e. The predicted octanol–water partition coefficient (Wildman–Crippen LogP) is 3.25. The summed E-state index contributed by atoms with van der Waals surface area (Å²) in [4.78, 5) is 8.07. The van der Waals surface area contributed by atoms with E-state index in [0.717, 1.165) is 41.0 Å². The average Bonchev–Trinajstić information content (AvgIpc) is 2.85. The van der Waals surface area contributed by atoms with Gasteiger partial charge in [-0.05, 0) is 49.2 Å². The summed E-state index contributed by atoms with van der Waals surface area (Å²) >= 11 is 0. The van der Waals surface area contributed by atoms with Crippen molar-refractivity contribution in [3.63, 3.8) is 0 Å². The lowest BCUT2D eigenvalue weighted by Gasteiger charge is -2.24. The summed E-state index contributed by atoms with van der Waals surface area (Å²) in [5.74, 6) is -0.187. The fourth-order valence-corrected chi connectivity index (χ4v) is 3.18. The minimum absolute atomic E-state index is 0.0455. The first-order valence-electron chi connectivity index (χ1n) is 7.19. The first-order chi connectivity index (χ1) is 10.2. The molecule has 1 aliphatic heterocycles. The normalized spacial score (nSPS) is 17.9. The smallest absolute Gasteiger partial charge is 0.123 e. The largest absolute Gasteiger partial charge is 0.357 e. The van der Waals surface area contributed by atoms with Crippen LogP contribution in [0.5, 0.6) is 0 Å². The van der Waals surface area contributed by atoms with E-state index in [4.69, 9.17) is 0 Å². The molecule has 2 N–H and O–H groups in total. The van der Waals surface area contributed by atoms with Crippen molar-refractivity contribution in [2.75, 3.05) is 6.54 Å². The van der Waals surface area contributed by atoms with Crippen LogP contribution in [0.3, 0.4) is 0 Å². The van der Waals surface area contributed by atoms with Gasteiger partial charge in [-0.3, -0.25) is 4.98 Å². The maximum absolute atomic E-state index is 13.5. The van der Waals surface area contributed by atoms with Gasteiger partial charge in [-0.15, -0.1) is 0 Å². The summed E-state index contributed by atoms with van der Waals surface area (Å²) in [5.41, 5.74) is 5.31. The van der Waals surface area contributed by atoms with E-state index in [1.807, 2.05) is 31.2 Å². The van der Waals surface area contributed by atoms with E-state index in [9.17, 15) is 4.39 Å². The summed E-state index contributed by atoms with van der Waals surface area (Å²) < 4.78 is 13.5. The molecule has 3 heterocycles. The second kappa shape index (κ2) is 4.67. The molecule has 0 spiro atoms. The van der Waals surface area contributed by atoms with Gasteiger partial charge in [0.05, 0.1) is 11.7 Å². The number of aromatic nitrogens is 2. The van der Waals surface area contributed by atoms with Gasteiger partial charge >= 0.3 is 0 Å². The van der Waals surface area contributed by atoms with Crippen LogP contribution in [0.15, 0.2) is 36.4 Å². The average molecular weight is 281 g/mol. The summed E-state index contributed by atoms with van der Waals surface area (Å²) in [7, 11) is 0. The number of hydrogen-bond donors (Lipinski definition) is 2. The Morgan fingerprint density at radius 2 is 2.14 bits per heavy atom. The molecule has 0 bridgehead atoms. The molecule has 1 unspecified atom stereocenters. The van der Waals surface area contributed by atoms with E-state index >= 15 is 0 Å². The van der Waals surface area contributed by atoms with Gasteiger partial charge in [-0.25, -0.2) is 4.39 Å². The summed E-state index contributed by atoms with van der Waals surface area (Å²) in [6, 6.07) is 11.0. The maximum Gasteiger partial charge on any atom is 0.123 e. The van der Waals surface area contributed by atoms with Crippen LogP contribution in [-0.4, -0.2) is 16.5 Å². The van der Waals surface area contributed by atoms with E-state index in [0.29, 0.717) is 0 Å². The van der Waals surface area contributed by atoms with Crippen molar-refractivity contribution >= 4 is 10.9 Å². The molecule has 0 saturated carbocycles. The van der Waals surface area contributed by atoms with E-state index in [1.165, 1.54) is 11.6 Å². The van der Waals surface area contributed by atoms with Gasteiger partial charge in [0.25, 0.3) is 0 Å². The monoisotopic (exact) mass is 281 g/mol. The van der Waals surface area contributed by atoms with Crippen LogP contribution in [-0.2, 0) is 6.42 Å². The van der Waals surface area contributed by atoms with Crippen molar-refractivity contribution in [3.8, 4) is 0 Å². The number of nitrogens with zero attached hydrogens (tertiary/aromatic N) is 1. The Morgan fingerprint density at radius 1 is 1.24 bits per heavy atom. The van der Waals surface area contributed by atoms with Gasteiger partial charge in [0.15, 0.2) is 0 Å². The third-order valence-electron chi connectivity index (χ3n) is 4.12. The predicted molar refractivity (Wildman–Crippen MR) is 80.8 cm³/mol. The summed E-state index contributed by atoms with van der Waals surface area (Å²) in [6.07, 6.45) is 0.904. The fourth-order valence-electron chi connectivity index (χ4n) is 3.18. The zero-order valence-electron chi connectivity index (χ0n) is 11.8. The number of aryl methyl sites for hydroxylation is 1. The lowest BCUT2D eigenvalue weighted by molar-refractivity contribution is 0.548. The topological polar surface area (TPSA) is 40.7 Å². The van der Waals surface area contributed by atoms with E-state index in [-0.39, 0.29) is 11.9 Å². The number of rotatable bonds is 1. The molecule has 4 rings (SSSR count). The van der Waals surface area contributed by atoms with Crippen LogP contribution in [0, 0.1) is 12.7 Å². The van der Waals surface area contributed by atoms with Crippen LogP contribution >= 0.6 is 0 Å². The molecule has 3 nitrogen and oxygen atoms in total. The Bertz CT molecular complexity index is 822. The lowest BCUT2D eigenvalue weighted by atomic mass is 9.97. The Morgan fingerprint density at radius 3 is 3.00 bits per heavy atom. The van der Waals surface area contributed by atoms with Crippen molar-refractivity contribution in [3.05, 3.63) is 64.9 Å². The second-order valence-electron chi connectivity index (χ2n) is 5.55. The van der Waals surface area contributed by atoms with Crippen LogP contribution in [0.1, 0.15) is 28.7 Å². The highest BCUT2D eigenvalue weighted by Crippen LogP contribution is 2.33. The molecule has 2 aromatic heterocycles. The number of halogens is 1. The molecule has 1 atom stereocenters. The molecular formula is C17H16FN3. The highest BCUT2D eigenvalue weighted by Gasteiger charge is 2.26. The molecule has 4 heteroatoms. The number of benzene rings is 1. The van der Waals surface area contributed by atoms with Gasteiger partial charge in [-0.2, -0.15) is 0 Å². The van der Waals surface area contributed by atoms with Crippen molar-refractivity contribution in [1.82, 2.24) is 15.3 Å². The Hall–Kier alpha value is -2.20. The Labute approximate surface area is 122 Å². The second-order valence-corrected chi connectivity index (χ2v) is 5.55. The maximum atomic E-state index is 13.5. The van der Waals surface area contributed by atoms with E-state index in [1.54, 1.807) is 6.07 Å². The van der Waals surface area contributed by atoms with Crippen LogP contribution in [0.25, 0.3) is 10.9 Å². The molecule has 0 saturated heterocycles. The molecule has 0 amide bonds. The van der Waals surface area contributed by atoms with Crippen molar-refractivity contribution in [2.45, 2.75) is 19.4 Å². The third kappa shape index (κ3) is 2.03. The quantitative estimate of drug-likeness (QED) is 0.719. The fraction of sp³-hybridized carbons (Fsp3) is 0.235. The van der Waals surface area contributed by atoms with Gasteiger partial charge < -0.3 is 10.3 Å². The number of hydrogen-bond acceptors (Lipinski definition) is 2. The van der Waals surface area contributed by atoms with E-state index in [2.05, 4.69) is 15.3 Å². The molecule has 3 aromatic rings. The molecule has 106 valence electrons. The van der Waals surface area contributed by atoms with Crippen molar-refractivity contribution < 1.29 is 4.39 Å². The number of nitrogens with one attached hydrogen (secondary N) is 2. The van der Waals surface area contributed by atoms with Crippen molar-refractivity contribution in [2.24, 2.45) is 0 Å². The Kier molecular flexibility index (Phi) is 2.79. The van der Waals surface area contributed by atoms with E-state index < -0.39 is 0 Å². The van der Waals surface area contributed by atoms with Gasteiger partial charge in [0.2, 0.25) is 0 Å². The number of fused-ring (bicyclic) bond motifs is 3. The zero-order valence-corrected chi connectivity index (χ0v) is 11.8. The van der Waals surface area contributed by atoms with Crippen LogP contribution in [0.2, 0.25) is 0 Å². The van der Waals surface area contributed by atoms with Crippen LogP contribution in [0.4, 0.5) is 4.39 Å². The number of H-pyrrole nitrogens is 1. The summed E-state index contributed by atoms with van der Waals surface area (Å²) in [5, 5.41) is 4.50. The molecule has 0 radical (unpaired) electrons.